The van der Waals surface area contributed by atoms with E-state index in [0.717, 1.165) is 0 Å². The third kappa shape index (κ3) is 2.95. The van der Waals surface area contributed by atoms with Crippen LogP contribution in [0.15, 0.2) is 18.2 Å². The monoisotopic (exact) mass is 261 g/mol. The predicted octanol–water partition coefficient (Wildman–Crippen LogP) is 0.379. The molecular formula is C13H15N3O3. The number of aromatic hydroxyl groups is 2. The molecule has 0 aliphatic carbocycles. The molecule has 1 amide bonds. The van der Waals surface area contributed by atoms with Gasteiger partial charge in [0.15, 0.2) is 0 Å². The van der Waals surface area contributed by atoms with E-state index in [1.165, 1.54) is 18.2 Å². The summed E-state index contributed by atoms with van der Waals surface area (Å²) in [7, 11) is 0. The van der Waals surface area contributed by atoms with E-state index < -0.39 is 0 Å². The van der Waals surface area contributed by atoms with Crippen LogP contribution in [0.2, 0.25) is 0 Å². The number of nitrogens with zero attached hydrogens (tertiary/aromatic N) is 3. The molecular weight excluding hydrogens is 246 g/mol. The third-order valence-electron chi connectivity index (χ3n) is 3.16. The van der Waals surface area contributed by atoms with Crippen molar-refractivity contribution in [3.63, 3.8) is 0 Å². The first kappa shape index (κ1) is 13.2. The van der Waals surface area contributed by atoms with Crippen molar-refractivity contribution in [2.75, 3.05) is 32.7 Å². The molecule has 6 nitrogen and oxygen atoms in total. The fourth-order valence-electron chi connectivity index (χ4n) is 2.07. The number of carbonyl (C=O) groups is 1. The van der Waals surface area contributed by atoms with Crippen molar-refractivity contribution in [3.8, 4) is 17.6 Å². The number of amides is 1. The average Bonchev–Trinajstić information content (AvgIpc) is 2.42. The maximum atomic E-state index is 12.2. The molecule has 0 saturated carbocycles. The highest BCUT2D eigenvalue weighted by Crippen LogP contribution is 2.23. The van der Waals surface area contributed by atoms with Gasteiger partial charge in [0.05, 0.1) is 18.2 Å². The minimum Gasteiger partial charge on any atom is -0.508 e. The molecule has 100 valence electrons. The zero-order valence-electron chi connectivity index (χ0n) is 10.4. The molecule has 2 rings (SSSR count). The Hall–Kier alpha value is -2.26. The van der Waals surface area contributed by atoms with Crippen LogP contribution in [-0.2, 0) is 0 Å². The number of carbonyl (C=O) groups excluding carboxylic acids is 1. The van der Waals surface area contributed by atoms with Crippen molar-refractivity contribution in [2.24, 2.45) is 0 Å². The summed E-state index contributed by atoms with van der Waals surface area (Å²) in [6.07, 6.45) is 0. The molecule has 0 bridgehead atoms. The smallest absolute Gasteiger partial charge is 0.257 e. The van der Waals surface area contributed by atoms with Crippen LogP contribution in [0.1, 0.15) is 10.4 Å². The van der Waals surface area contributed by atoms with Gasteiger partial charge in [0.25, 0.3) is 5.91 Å². The van der Waals surface area contributed by atoms with Gasteiger partial charge in [-0.15, -0.1) is 0 Å². The maximum Gasteiger partial charge on any atom is 0.257 e. The van der Waals surface area contributed by atoms with Gasteiger partial charge in [0.2, 0.25) is 0 Å². The molecule has 6 heteroatoms. The molecule has 1 fully saturated rings. The highest BCUT2D eigenvalue weighted by atomic mass is 16.3. The van der Waals surface area contributed by atoms with E-state index in [2.05, 4.69) is 6.07 Å². The lowest BCUT2D eigenvalue weighted by Crippen LogP contribution is -2.48. The van der Waals surface area contributed by atoms with Gasteiger partial charge in [0, 0.05) is 26.2 Å². The van der Waals surface area contributed by atoms with E-state index >= 15 is 0 Å². The van der Waals surface area contributed by atoms with E-state index in [1.807, 2.05) is 4.90 Å². The fourth-order valence-corrected chi connectivity index (χ4v) is 2.07. The Kier molecular flexibility index (Phi) is 3.88. The lowest BCUT2D eigenvalue weighted by Gasteiger charge is -2.33. The van der Waals surface area contributed by atoms with Gasteiger partial charge < -0.3 is 15.1 Å². The summed E-state index contributed by atoms with van der Waals surface area (Å²) in [5, 5.41) is 27.6. The van der Waals surface area contributed by atoms with E-state index in [4.69, 9.17) is 5.26 Å². The molecule has 1 aromatic rings. The summed E-state index contributed by atoms with van der Waals surface area (Å²) in [6.45, 7) is 2.66. The number of rotatable bonds is 2. The Labute approximate surface area is 111 Å². The molecule has 1 saturated heterocycles. The van der Waals surface area contributed by atoms with Crippen LogP contribution >= 0.6 is 0 Å². The molecule has 1 heterocycles. The van der Waals surface area contributed by atoms with Crippen LogP contribution in [0, 0.1) is 11.3 Å². The molecule has 2 N–H and O–H groups in total. The summed E-state index contributed by atoms with van der Waals surface area (Å²) in [6, 6.07) is 5.97. The second kappa shape index (κ2) is 5.59. The molecule has 1 aliphatic heterocycles. The molecule has 0 radical (unpaired) electrons. The SMILES string of the molecule is N#CCN1CCN(C(=O)c2cc(O)ccc2O)CC1. The van der Waals surface area contributed by atoms with E-state index in [0.29, 0.717) is 32.7 Å². The minimum absolute atomic E-state index is 0.0516. The predicted molar refractivity (Wildman–Crippen MR) is 67.7 cm³/mol. The van der Waals surface area contributed by atoms with Gasteiger partial charge >= 0.3 is 0 Å². The summed E-state index contributed by atoms with van der Waals surface area (Å²) in [5.41, 5.74) is 0.105. The zero-order valence-corrected chi connectivity index (χ0v) is 10.4. The minimum atomic E-state index is -0.301. The van der Waals surface area contributed by atoms with Gasteiger partial charge in [-0.1, -0.05) is 0 Å². The van der Waals surface area contributed by atoms with Gasteiger partial charge in [-0.05, 0) is 18.2 Å². The number of phenols is 2. The van der Waals surface area contributed by atoms with Crippen LogP contribution in [0.5, 0.6) is 11.5 Å². The maximum absolute atomic E-state index is 12.2. The standard InChI is InChI=1S/C13H15N3O3/c14-3-4-15-5-7-16(8-6-15)13(19)11-9-10(17)1-2-12(11)18/h1-2,9,17-18H,4-8H2. The van der Waals surface area contributed by atoms with E-state index in [1.54, 1.807) is 4.90 Å². The second-order valence-electron chi connectivity index (χ2n) is 4.43. The Morgan fingerprint density at radius 2 is 1.95 bits per heavy atom. The van der Waals surface area contributed by atoms with Crippen molar-refractivity contribution in [1.82, 2.24) is 9.80 Å². The molecule has 0 spiro atoms. The van der Waals surface area contributed by atoms with Crippen molar-refractivity contribution in [3.05, 3.63) is 23.8 Å². The number of phenolic OH excluding ortho intramolecular Hbond substituents is 2. The van der Waals surface area contributed by atoms with Gasteiger partial charge in [0.1, 0.15) is 11.5 Å². The highest BCUT2D eigenvalue weighted by molar-refractivity contribution is 5.97. The van der Waals surface area contributed by atoms with Crippen LogP contribution < -0.4 is 0 Å². The highest BCUT2D eigenvalue weighted by Gasteiger charge is 2.23. The average molecular weight is 261 g/mol. The number of nitriles is 1. The molecule has 0 aromatic heterocycles. The fraction of sp³-hybridized carbons (Fsp3) is 0.385. The lowest BCUT2D eigenvalue weighted by molar-refractivity contribution is 0.0648. The Bertz CT molecular complexity index is 516. The third-order valence-corrected chi connectivity index (χ3v) is 3.16. The molecule has 1 aliphatic rings. The summed E-state index contributed by atoms with van der Waals surface area (Å²) < 4.78 is 0. The second-order valence-corrected chi connectivity index (χ2v) is 4.43. The molecule has 19 heavy (non-hydrogen) atoms. The van der Waals surface area contributed by atoms with Crippen LogP contribution in [0.3, 0.4) is 0 Å². The molecule has 1 aromatic carbocycles. The van der Waals surface area contributed by atoms with E-state index in [9.17, 15) is 15.0 Å². The first-order valence-electron chi connectivity index (χ1n) is 6.02. The zero-order chi connectivity index (χ0) is 13.8. The normalized spacial score (nSPS) is 16.1. The largest absolute Gasteiger partial charge is 0.508 e. The van der Waals surface area contributed by atoms with Crippen molar-refractivity contribution in [1.29, 1.82) is 5.26 Å². The van der Waals surface area contributed by atoms with Gasteiger partial charge in [-0.25, -0.2) is 0 Å². The number of piperazine rings is 1. The summed E-state index contributed by atoms with van der Waals surface area (Å²) >= 11 is 0. The van der Waals surface area contributed by atoms with Crippen LogP contribution in [0.25, 0.3) is 0 Å². The number of hydrogen-bond donors (Lipinski definition) is 2. The topological polar surface area (TPSA) is 87.8 Å². The van der Waals surface area contributed by atoms with Gasteiger partial charge in [-0.3, -0.25) is 9.69 Å². The Morgan fingerprint density at radius 1 is 1.26 bits per heavy atom. The van der Waals surface area contributed by atoms with E-state index in [-0.39, 0.29) is 23.0 Å². The Morgan fingerprint density at radius 3 is 2.58 bits per heavy atom. The van der Waals surface area contributed by atoms with Gasteiger partial charge in [-0.2, -0.15) is 5.26 Å². The van der Waals surface area contributed by atoms with Crippen molar-refractivity contribution < 1.29 is 15.0 Å². The first-order chi connectivity index (χ1) is 9.11. The quantitative estimate of drug-likeness (QED) is 0.593. The summed E-state index contributed by atoms with van der Waals surface area (Å²) in [4.78, 5) is 15.8. The number of benzene rings is 1. The van der Waals surface area contributed by atoms with Crippen LogP contribution in [0.4, 0.5) is 0 Å². The lowest BCUT2D eigenvalue weighted by atomic mass is 10.1. The van der Waals surface area contributed by atoms with Crippen LogP contribution in [-0.4, -0.2) is 58.6 Å². The summed E-state index contributed by atoms with van der Waals surface area (Å²) in [5.74, 6) is -0.489. The van der Waals surface area contributed by atoms with Crippen molar-refractivity contribution >= 4 is 5.91 Å². The first-order valence-corrected chi connectivity index (χ1v) is 6.02. The Balaban J connectivity index is 2.05. The molecule has 0 atom stereocenters. The van der Waals surface area contributed by atoms with Crippen molar-refractivity contribution in [2.45, 2.75) is 0 Å². The molecule has 0 unspecified atom stereocenters. The number of hydrogen-bond acceptors (Lipinski definition) is 5.